The van der Waals surface area contributed by atoms with Gasteiger partial charge in [0.05, 0.1) is 6.10 Å². The Balaban J connectivity index is 3.10. The maximum Gasteiger partial charge on any atom is 0.303 e. The Hall–Kier alpha value is -1.83. The number of ether oxygens (including phenoxy) is 4. The number of carbonyl (C=O) groups is 2. The number of azide groups is 1. The minimum atomic E-state index is -0.971. The van der Waals surface area contributed by atoms with Crippen molar-refractivity contribution in [1.82, 2.24) is 0 Å². The van der Waals surface area contributed by atoms with Crippen molar-refractivity contribution in [1.29, 1.82) is 0 Å². The highest BCUT2D eigenvalue weighted by Gasteiger charge is 2.48. The highest BCUT2D eigenvalue weighted by molar-refractivity contribution is 5.67. The molecule has 9 heteroatoms. The molecule has 0 aromatic carbocycles. The molecule has 0 bridgehead atoms. The topological polar surface area (TPSA) is 120 Å². The molecule has 1 fully saturated rings. The second kappa shape index (κ2) is 7.09. The zero-order valence-corrected chi connectivity index (χ0v) is 11.7. The molecule has 0 unspecified atom stereocenters. The van der Waals surface area contributed by atoms with Crippen molar-refractivity contribution in [2.75, 3.05) is 7.11 Å². The number of hydrogen-bond acceptors (Lipinski definition) is 7. The van der Waals surface area contributed by atoms with Crippen molar-refractivity contribution < 1.29 is 28.5 Å². The Morgan fingerprint density at radius 1 is 1.20 bits per heavy atom. The Labute approximate surface area is 115 Å². The maximum atomic E-state index is 11.2. The van der Waals surface area contributed by atoms with E-state index in [1.165, 1.54) is 21.0 Å². The summed E-state index contributed by atoms with van der Waals surface area (Å²) in [4.78, 5) is 25.1. The molecule has 1 rings (SSSR count). The number of methoxy groups -OCH3 is 1. The monoisotopic (exact) mass is 287 g/mol. The summed E-state index contributed by atoms with van der Waals surface area (Å²) >= 11 is 0. The standard InChI is InChI=1S/C11H17N3O6/c1-5-9(19-6(2)15)10(20-7(3)16)8(13-14-12)11(17-4)18-5/h5,8-11H,1-4H3/t5-,8+,9-,10+,11+/m1/s1. The summed E-state index contributed by atoms with van der Waals surface area (Å²) in [5.74, 6) is -1.15. The van der Waals surface area contributed by atoms with Gasteiger partial charge in [-0.15, -0.1) is 0 Å². The van der Waals surface area contributed by atoms with Crippen LogP contribution in [-0.4, -0.2) is 49.7 Å². The molecule has 1 heterocycles. The van der Waals surface area contributed by atoms with Crippen molar-refractivity contribution in [3.05, 3.63) is 10.4 Å². The van der Waals surface area contributed by atoms with Crippen LogP contribution in [0.2, 0.25) is 0 Å². The van der Waals surface area contributed by atoms with Crippen LogP contribution in [0.25, 0.3) is 10.4 Å². The minimum Gasteiger partial charge on any atom is -0.458 e. The molecule has 1 aliphatic rings. The van der Waals surface area contributed by atoms with E-state index in [1.54, 1.807) is 6.92 Å². The molecule has 0 N–H and O–H groups in total. The zero-order valence-electron chi connectivity index (χ0n) is 11.7. The fraction of sp³-hybridized carbons (Fsp3) is 0.818. The summed E-state index contributed by atoms with van der Waals surface area (Å²) < 4.78 is 20.8. The van der Waals surface area contributed by atoms with Crippen LogP contribution in [0.4, 0.5) is 0 Å². The fourth-order valence-corrected chi connectivity index (χ4v) is 2.04. The molecule has 0 amide bonds. The minimum absolute atomic E-state index is 0.557. The molecule has 0 spiro atoms. The smallest absolute Gasteiger partial charge is 0.303 e. The quantitative estimate of drug-likeness (QED) is 0.328. The van der Waals surface area contributed by atoms with Crippen molar-refractivity contribution in [2.45, 2.75) is 51.4 Å². The van der Waals surface area contributed by atoms with Gasteiger partial charge in [0, 0.05) is 25.9 Å². The molecule has 0 saturated carbocycles. The summed E-state index contributed by atoms with van der Waals surface area (Å²) in [5, 5.41) is 3.52. The first-order valence-electron chi connectivity index (χ1n) is 5.97. The predicted octanol–water partition coefficient (Wildman–Crippen LogP) is 0.920. The van der Waals surface area contributed by atoms with Gasteiger partial charge in [0.15, 0.2) is 18.5 Å². The van der Waals surface area contributed by atoms with Gasteiger partial charge in [-0.2, -0.15) is 0 Å². The van der Waals surface area contributed by atoms with Crippen molar-refractivity contribution in [3.63, 3.8) is 0 Å². The summed E-state index contributed by atoms with van der Waals surface area (Å²) in [6.45, 7) is 4.07. The molecule has 0 aliphatic carbocycles. The van der Waals surface area contributed by atoms with E-state index < -0.39 is 42.6 Å². The Bertz CT molecular complexity index is 422. The Morgan fingerprint density at radius 2 is 1.75 bits per heavy atom. The summed E-state index contributed by atoms with van der Waals surface area (Å²) in [7, 11) is 1.37. The van der Waals surface area contributed by atoms with E-state index in [0.29, 0.717) is 0 Å². The largest absolute Gasteiger partial charge is 0.458 e. The van der Waals surface area contributed by atoms with Gasteiger partial charge in [-0.1, -0.05) is 5.11 Å². The molecule has 0 radical (unpaired) electrons. The third-order valence-corrected chi connectivity index (χ3v) is 2.77. The molecule has 1 aliphatic heterocycles. The van der Waals surface area contributed by atoms with Crippen LogP contribution < -0.4 is 0 Å². The van der Waals surface area contributed by atoms with E-state index >= 15 is 0 Å². The van der Waals surface area contributed by atoms with Crippen molar-refractivity contribution >= 4 is 11.9 Å². The zero-order chi connectivity index (χ0) is 15.3. The van der Waals surface area contributed by atoms with E-state index in [1.807, 2.05) is 0 Å². The van der Waals surface area contributed by atoms with Crippen LogP contribution in [-0.2, 0) is 28.5 Å². The molecule has 5 atom stereocenters. The third-order valence-electron chi connectivity index (χ3n) is 2.77. The highest BCUT2D eigenvalue weighted by atomic mass is 16.7. The molecule has 9 nitrogen and oxygen atoms in total. The van der Waals surface area contributed by atoms with Crippen LogP contribution in [0.3, 0.4) is 0 Å². The lowest BCUT2D eigenvalue weighted by atomic mass is 9.97. The summed E-state index contributed by atoms with van der Waals surface area (Å²) in [5.41, 5.74) is 8.62. The van der Waals surface area contributed by atoms with E-state index in [2.05, 4.69) is 10.0 Å². The molecule has 112 valence electrons. The molecule has 1 saturated heterocycles. The number of carbonyl (C=O) groups excluding carboxylic acids is 2. The number of nitrogens with zero attached hydrogens (tertiary/aromatic N) is 3. The van der Waals surface area contributed by atoms with E-state index in [-0.39, 0.29) is 0 Å². The van der Waals surface area contributed by atoms with Crippen LogP contribution >= 0.6 is 0 Å². The van der Waals surface area contributed by atoms with Crippen molar-refractivity contribution in [2.24, 2.45) is 5.11 Å². The first kappa shape index (κ1) is 16.2. The van der Waals surface area contributed by atoms with E-state index in [0.717, 1.165) is 0 Å². The SMILES string of the molecule is CO[C@H]1O[C@H](C)[C@@H](OC(C)=O)[C@@H](OC(C)=O)[C@@H]1N=[N+]=[N-]. The lowest BCUT2D eigenvalue weighted by molar-refractivity contribution is -0.256. The van der Waals surface area contributed by atoms with Crippen molar-refractivity contribution in [3.8, 4) is 0 Å². The van der Waals surface area contributed by atoms with E-state index in [4.69, 9.17) is 24.5 Å². The van der Waals surface area contributed by atoms with E-state index in [9.17, 15) is 9.59 Å². The molecule has 20 heavy (non-hydrogen) atoms. The molecule has 0 aromatic heterocycles. The molecular formula is C11H17N3O6. The first-order chi connectivity index (χ1) is 9.40. The lowest BCUT2D eigenvalue weighted by Gasteiger charge is -2.42. The van der Waals surface area contributed by atoms with Gasteiger partial charge < -0.3 is 18.9 Å². The molecular weight excluding hydrogens is 270 g/mol. The van der Waals surface area contributed by atoms with Gasteiger partial charge in [-0.05, 0) is 12.5 Å². The Kier molecular flexibility index (Phi) is 5.75. The number of hydrogen-bond donors (Lipinski definition) is 0. The Morgan fingerprint density at radius 3 is 2.20 bits per heavy atom. The highest BCUT2D eigenvalue weighted by Crippen LogP contribution is 2.28. The number of esters is 2. The second-order valence-corrected chi connectivity index (χ2v) is 4.29. The fourth-order valence-electron chi connectivity index (χ4n) is 2.04. The van der Waals surface area contributed by atoms with Crippen LogP contribution in [0, 0.1) is 0 Å². The predicted molar refractivity (Wildman–Crippen MR) is 65.4 cm³/mol. The normalized spacial score (nSPS) is 32.9. The summed E-state index contributed by atoms with van der Waals surface area (Å²) in [6.07, 6.45) is -3.32. The average Bonchev–Trinajstić information content (AvgIpc) is 2.35. The first-order valence-corrected chi connectivity index (χ1v) is 5.97. The van der Waals surface area contributed by atoms with Gasteiger partial charge in [0.1, 0.15) is 6.04 Å². The average molecular weight is 287 g/mol. The molecule has 0 aromatic rings. The number of rotatable bonds is 4. The summed E-state index contributed by atoms with van der Waals surface area (Å²) in [6, 6.07) is -0.950. The third kappa shape index (κ3) is 3.83. The lowest BCUT2D eigenvalue weighted by Crippen LogP contribution is -2.59. The van der Waals surface area contributed by atoms with Gasteiger partial charge in [0.2, 0.25) is 0 Å². The van der Waals surface area contributed by atoms with Crippen LogP contribution in [0.5, 0.6) is 0 Å². The maximum absolute atomic E-state index is 11.2. The van der Waals surface area contributed by atoms with Gasteiger partial charge in [0.25, 0.3) is 0 Å². The van der Waals surface area contributed by atoms with Gasteiger partial charge in [-0.3, -0.25) is 9.59 Å². The van der Waals surface area contributed by atoms with Gasteiger partial charge in [-0.25, -0.2) is 0 Å². The van der Waals surface area contributed by atoms with Gasteiger partial charge >= 0.3 is 11.9 Å². The van der Waals surface area contributed by atoms with Crippen LogP contribution in [0.15, 0.2) is 5.11 Å². The van der Waals surface area contributed by atoms with Crippen LogP contribution in [0.1, 0.15) is 20.8 Å². The second-order valence-electron chi connectivity index (χ2n) is 4.29.